The molecule has 21 heavy (non-hydrogen) atoms. The van der Waals surface area contributed by atoms with Crippen LogP contribution < -0.4 is 5.32 Å². The first-order valence-corrected chi connectivity index (χ1v) is 8.34. The minimum absolute atomic E-state index is 0.230. The van der Waals surface area contributed by atoms with Crippen LogP contribution in [0, 0.1) is 5.82 Å². The molecule has 1 aliphatic carbocycles. The molecule has 1 nitrogen and oxygen atoms in total. The Morgan fingerprint density at radius 2 is 2.00 bits per heavy atom. The second-order valence-electron chi connectivity index (χ2n) is 5.06. The van der Waals surface area contributed by atoms with Crippen molar-refractivity contribution in [3.05, 3.63) is 57.8 Å². The van der Waals surface area contributed by atoms with Crippen molar-refractivity contribution >= 4 is 35.0 Å². The summed E-state index contributed by atoms with van der Waals surface area (Å²) >= 11 is 13.5. The molecule has 0 aromatic heterocycles. The molecule has 0 bridgehead atoms. The van der Waals surface area contributed by atoms with Crippen LogP contribution in [0.2, 0.25) is 10.0 Å². The highest BCUT2D eigenvalue weighted by molar-refractivity contribution is 7.99. The lowest BCUT2D eigenvalue weighted by Crippen LogP contribution is -2.16. The van der Waals surface area contributed by atoms with E-state index in [1.54, 1.807) is 24.3 Å². The van der Waals surface area contributed by atoms with Gasteiger partial charge in [0, 0.05) is 22.5 Å². The van der Waals surface area contributed by atoms with Gasteiger partial charge in [-0.05, 0) is 42.7 Å². The summed E-state index contributed by atoms with van der Waals surface area (Å²) in [6.07, 6.45) is 2.41. The van der Waals surface area contributed by atoms with Crippen molar-refractivity contribution in [3.8, 4) is 0 Å². The fourth-order valence-corrected chi connectivity index (χ4v) is 3.49. The van der Waals surface area contributed by atoms with Crippen LogP contribution in [0.15, 0.2) is 46.2 Å². The van der Waals surface area contributed by atoms with Gasteiger partial charge in [-0.3, -0.25) is 0 Å². The molecular weight excluding hydrogens is 328 g/mol. The summed E-state index contributed by atoms with van der Waals surface area (Å²) in [5.74, 6) is -0.230. The fourth-order valence-electron chi connectivity index (χ4n) is 2.01. The Kier molecular flexibility index (Phi) is 4.75. The van der Waals surface area contributed by atoms with Crippen molar-refractivity contribution in [2.75, 3.05) is 0 Å². The predicted molar refractivity (Wildman–Crippen MR) is 86.8 cm³/mol. The van der Waals surface area contributed by atoms with Gasteiger partial charge in [0.15, 0.2) is 0 Å². The quantitative estimate of drug-likeness (QED) is 0.766. The molecule has 0 radical (unpaired) electrons. The monoisotopic (exact) mass is 341 g/mol. The Morgan fingerprint density at radius 1 is 1.19 bits per heavy atom. The summed E-state index contributed by atoms with van der Waals surface area (Å²) in [7, 11) is 0. The molecule has 0 unspecified atom stereocenters. The molecule has 1 fully saturated rings. The van der Waals surface area contributed by atoms with Crippen LogP contribution in [0.25, 0.3) is 0 Å². The summed E-state index contributed by atoms with van der Waals surface area (Å²) in [6.45, 7) is 0.670. The van der Waals surface area contributed by atoms with Gasteiger partial charge < -0.3 is 5.32 Å². The first-order valence-electron chi connectivity index (χ1n) is 6.77. The lowest BCUT2D eigenvalue weighted by molar-refractivity contribution is 0.589. The molecule has 110 valence electrons. The van der Waals surface area contributed by atoms with Gasteiger partial charge in [0.1, 0.15) is 5.82 Å². The summed E-state index contributed by atoms with van der Waals surface area (Å²) in [6, 6.07) is 11.0. The molecule has 1 aliphatic rings. The summed E-state index contributed by atoms with van der Waals surface area (Å²) in [5.41, 5.74) is 0.947. The molecule has 0 heterocycles. The maximum absolute atomic E-state index is 14.2. The third-order valence-electron chi connectivity index (χ3n) is 3.31. The van der Waals surface area contributed by atoms with Crippen LogP contribution in [-0.2, 0) is 6.54 Å². The first-order chi connectivity index (χ1) is 10.1. The van der Waals surface area contributed by atoms with Crippen molar-refractivity contribution in [2.24, 2.45) is 0 Å². The molecule has 0 spiro atoms. The predicted octanol–water partition coefficient (Wildman–Crippen LogP) is 5.54. The van der Waals surface area contributed by atoms with Crippen LogP contribution in [-0.4, -0.2) is 6.04 Å². The second-order valence-corrected chi connectivity index (χ2v) is 6.96. The Bertz CT molecular complexity index is 659. The topological polar surface area (TPSA) is 12.0 Å². The van der Waals surface area contributed by atoms with Gasteiger partial charge in [-0.15, -0.1) is 0 Å². The number of benzene rings is 2. The lowest BCUT2D eigenvalue weighted by Gasteiger charge is -2.12. The summed E-state index contributed by atoms with van der Waals surface area (Å²) in [4.78, 5) is 1.37. The van der Waals surface area contributed by atoms with Crippen molar-refractivity contribution in [3.63, 3.8) is 0 Å². The van der Waals surface area contributed by atoms with Gasteiger partial charge in [0.05, 0.1) is 9.92 Å². The molecular formula is C16H14Cl2FNS. The minimum Gasteiger partial charge on any atom is -0.310 e. The zero-order valence-electron chi connectivity index (χ0n) is 11.2. The summed E-state index contributed by atoms with van der Waals surface area (Å²) in [5, 5.41) is 4.58. The smallest absolute Gasteiger partial charge is 0.137 e. The lowest BCUT2D eigenvalue weighted by atomic mass is 10.2. The average molecular weight is 342 g/mol. The highest BCUT2D eigenvalue weighted by Crippen LogP contribution is 2.38. The Hall–Kier alpha value is -0.740. The molecule has 3 rings (SSSR count). The minimum atomic E-state index is -0.230. The number of hydrogen-bond acceptors (Lipinski definition) is 2. The molecule has 0 amide bonds. The Morgan fingerprint density at radius 3 is 2.76 bits per heavy atom. The van der Waals surface area contributed by atoms with Crippen LogP contribution in [0.4, 0.5) is 4.39 Å². The van der Waals surface area contributed by atoms with Crippen molar-refractivity contribution in [2.45, 2.75) is 35.2 Å². The third kappa shape index (κ3) is 3.92. The van der Waals surface area contributed by atoms with Crippen LogP contribution in [0.5, 0.6) is 0 Å². The van der Waals surface area contributed by atoms with Gasteiger partial charge in [-0.1, -0.05) is 47.1 Å². The van der Waals surface area contributed by atoms with Gasteiger partial charge in [-0.2, -0.15) is 0 Å². The first kappa shape index (κ1) is 15.2. The van der Waals surface area contributed by atoms with E-state index >= 15 is 0 Å². The van der Waals surface area contributed by atoms with E-state index in [1.807, 2.05) is 6.07 Å². The van der Waals surface area contributed by atoms with Crippen LogP contribution in [0.3, 0.4) is 0 Å². The van der Waals surface area contributed by atoms with E-state index in [4.69, 9.17) is 23.2 Å². The Balaban J connectivity index is 1.87. The van der Waals surface area contributed by atoms with E-state index < -0.39 is 0 Å². The number of hydrogen-bond donors (Lipinski definition) is 1. The van der Waals surface area contributed by atoms with E-state index in [0.717, 1.165) is 10.5 Å². The molecule has 2 aromatic rings. The zero-order chi connectivity index (χ0) is 14.8. The molecule has 0 aliphatic heterocycles. The molecule has 1 N–H and O–H groups in total. The summed E-state index contributed by atoms with van der Waals surface area (Å²) < 4.78 is 14.2. The molecule has 0 atom stereocenters. The normalized spacial score (nSPS) is 14.4. The maximum atomic E-state index is 14.2. The van der Waals surface area contributed by atoms with Crippen molar-refractivity contribution in [1.82, 2.24) is 5.32 Å². The van der Waals surface area contributed by atoms with Crippen LogP contribution in [0.1, 0.15) is 18.4 Å². The van der Waals surface area contributed by atoms with E-state index in [0.29, 0.717) is 27.5 Å². The van der Waals surface area contributed by atoms with E-state index in [2.05, 4.69) is 5.32 Å². The average Bonchev–Trinajstić information content (AvgIpc) is 3.27. The van der Waals surface area contributed by atoms with E-state index in [-0.39, 0.29) is 5.82 Å². The highest BCUT2D eigenvalue weighted by Gasteiger charge is 2.21. The van der Waals surface area contributed by atoms with Crippen molar-refractivity contribution < 1.29 is 4.39 Å². The molecule has 0 saturated heterocycles. The number of nitrogens with one attached hydrogen (secondary N) is 1. The fraction of sp³-hybridized carbons (Fsp3) is 0.250. The number of halogens is 3. The van der Waals surface area contributed by atoms with E-state index in [1.165, 1.54) is 30.7 Å². The Labute approximate surface area is 137 Å². The molecule has 5 heteroatoms. The largest absolute Gasteiger partial charge is 0.310 e. The SMILES string of the molecule is Fc1cccc(CNC2CC2)c1Sc1cc(Cl)ccc1Cl. The zero-order valence-corrected chi connectivity index (χ0v) is 13.5. The van der Waals surface area contributed by atoms with Gasteiger partial charge in [-0.25, -0.2) is 4.39 Å². The van der Waals surface area contributed by atoms with Gasteiger partial charge in [0.2, 0.25) is 0 Å². The standard InChI is InChI=1S/C16H14Cl2FNS/c17-11-4-7-13(18)15(8-11)21-16-10(2-1-3-14(16)19)9-20-12-5-6-12/h1-4,7-8,12,20H,5-6,9H2. The highest BCUT2D eigenvalue weighted by atomic mass is 35.5. The van der Waals surface area contributed by atoms with E-state index in [9.17, 15) is 4.39 Å². The van der Waals surface area contributed by atoms with Crippen molar-refractivity contribution in [1.29, 1.82) is 0 Å². The van der Waals surface area contributed by atoms with Gasteiger partial charge >= 0.3 is 0 Å². The molecule has 1 saturated carbocycles. The van der Waals surface area contributed by atoms with Crippen LogP contribution >= 0.6 is 35.0 Å². The van der Waals surface area contributed by atoms with Gasteiger partial charge in [0.25, 0.3) is 0 Å². The number of rotatable bonds is 5. The third-order valence-corrected chi connectivity index (χ3v) is 5.21. The molecule has 2 aromatic carbocycles. The maximum Gasteiger partial charge on any atom is 0.137 e. The second kappa shape index (κ2) is 6.57.